The van der Waals surface area contributed by atoms with E-state index in [1.165, 1.54) is 148 Å². The van der Waals surface area contributed by atoms with Gasteiger partial charge in [-0.05, 0) is 110 Å². The summed E-state index contributed by atoms with van der Waals surface area (Å²) in [6.45, 7) is 13.6. The number of carbonyl (C=O) groups is 2. The molecule has 56 heavy (non-hydrogen) atoms. The highest BCUT2D eigenvalue weighted by Gasteiger charge is 2.15. The highest BCUT2D eigenvalue weighted by atomic mass is 16.5. The van der Waals surface area contributed by atoms with Gasteiger partial charge in [-0.1, -0.05) is 156 Å². The molecule has 0 bridgehead atoms. The Morgan fingerprint density at radius 3 is 1.38 bits per heavy atom. The SMILES string of the molecule is CCCC=C=CC(CCCCCC)OC(=O)CCCCCCCCCN(CCCCCCCCCC(=O)OC(CCCCCC)CCCCCC)CCN(C)C. The Hall–Kier alpha value is -1.62. The van der Waals surface area contributed by atoms with Crippen molar-refractivity contribution in [2.45, 2.75) is 252 Å². The van der Waals surface area contributed by atoms with Crippen LogP contribution < -0.4 is 0 Å². The molecule has 0 heterocycles. The molecule has 0 aliphatic heterocycles. The van der Waals surface area contributed by atoms with Crippen molar-refractivity contribution in [1.29, 1.82) is 0 Å². The smallest absolute Gasteiger partial charge is 0.306 e. The number of rotatable bonds is 43. The molecule has 0 saturated heterocycles. The van der Waals surface area contributed by atoms with Gasteiger partial charge in [0, 0.05) is 25.9 Å². The highest BCUT2D eigenvalue weighted by Crippen LogP contribution is 2.18. The maximum atomic E-state index is 12.6. The van der Waals surface area contributed by atoms with E-state index < -0.39 is 0 Å². The number of likely N-dealkylation sites (N-methyl/N-ethyl adjacent to an activating group) is 1. The van der Waals surface area contributed by atoms with Crippen LogP contribution in [0.3, 0.4) is 0 Å². The Balaban J connectivity index is 4.14. The van der Waals surface area contributed by atoms with E-state index in [-0.39, 0.29) is 24.1 Å². The summed E-state index contributed by atoms with van der Waals surface area (Å²) in [5.74, 6) is -0.00941. The number of hydrogen-bond donors (Lipinski definition) is 0. The molecule has 1 atom stereocenters. The van der Waals surface area contributed by atoms with Gasteiger partial charge in [0.15, 0.2) is 0 Å². The largest absolute Gasteiger partial charge is 0.462 e. The third-order valence-electron chi connectivity index (χ3n) is 11.1. The van der Waals surface area contributed by atoms with Crippen molar-refractivity contribution < 1.29 is 19.1 Å². The van der Waals surface area contributed by atoms with Crippen molar-refractivity contribution in [2.24, 2.45) is 0 Å². The minimum absolute atomic E-state index is 0.0363. The van der Waals surface area contributed by atoms with Crippen molar-refractivity contribution >= 4 is 11.9 Å². The lowest BCUT2D eigenvalue weighted by Crippen LogP contribution is -2.33. The molecule has 0 aromatic carbocycles. The third-order valence-corrected chi connectivity index (χ3v) is 11.1. The molecule has 6 heteroatoms. The molecule has 0 spiro atoms. The first kappa shape index (κ1) is 54.4. The van der Waals surface area contributed by atoms with E-state index in [2.05, 4.69) is 63.4 Å². The number of unbranched alkanes of at least 4 members (excludes halogenated alkanes) is 22. The van der Waals surface area contributed by atoms with Crippen LogP contribution in [0.5, 0.6) is 0 Å². The van der Waals surface area contributed by atoms with E-state index in [0.717, 1.165) is 77.3 Å². The summed E-state index contributed by atoms with van der Waals surface area (Å²) in [6, 6.07) is 0. The van der Waals surface area contributed by atoms with Crippen LogP contribution in [0.25, 0.3) is 0 Å². The van der Waals surface area contributed by atoms with Crippen LogP contribution in [-0.4, -0.2) is 74.2 Å². The lowest BCUT2D eigenvalue weighted by Gasteiger charge is -2.24. The number of nitrogens with zero attached hydrogens (tertiary/aromatic N) is 2. The lowest BCUT2D eigenvalue weighted by molar-refractivity contribution is -0.150. The van der Waals surface area contributed by atoms with Crippen molar-refractivity contribution in [3.05, 3.63) is 17.9 Å². The first-order valence-corrected chi connectivity index (χ1v) is 24.5. The van der Waals surface area contributed by atoms with Crippen molar-refractivity contribution in [1.82, 2.24) is 9.80 Å². The van der Waals surface area contributed by atoms with E-state index >= 15 is 0 Å². The standard InChI is InChI=1S/C50H96N2O4/c1-7-11-15-29-37-47(38-30-16-12-8-2)55-49(53)41-33-25-21-19-23-27-35-43-52(46-45-51(5)6)44-36-28-24-20-22-26-34-42-50(54)56-48(39-31-17-13-9-3)40-32-18-14-10-4/h15,37,47-48H,7-14,16-28,30-36,38-46H2,1-6H3. The molecule has 6 nitrogen and oxygen atoms in total. The molecule has 1 unspecified atom stereocenters. The second-order valence-electron chi connectivity index (χ2n) is 17.1. The summed E-state index contributed by atoms with van der Waals surface area (Å²) < 4.78 is 11.8. The maximum absolute atomic E-state index is 12.6. The monoisotopic (exact) mass is 789 g/mol. The van der Waals surface area contributed by atoms with Crippen molar-refractivity contribution in [2.75, 3.05) is 40.3 Å². The average Bonchev–Trinajstić information content (AvgIpc) is 3.18. The fraction of sp³-hybridized carbons (Fsp3) is 0.900. The van der Waals surface area contributed by atoms with Crippen LogP contribution in [0.2, 0.25) is 0 Å². The number of carbonyl (C=O) groups excluding carboxylic acids is 2. The molecular formula is C50H96N2O4. The highest BCUT2D eigenvalue weighted by molar-refractivity contribution is 5.69. The summed E-state index contributed by atoms with van der Waals surface area (Å²) in [5, 5.41) is 0. The van der Waals surface area contributed by atoms with Gasteiger partial charge in [0.25, 0.3) is 0 Å². The normalized spacial score (nSPS) is 12.0. The molecule has 330 valence electrons. The van der Waals surface area contributed by atoms with E-state index in [4.69, 9.17) is 9.47 Å². The van der Waals surface area contributed by atoms with Crippen LogP contribution in [0, 0.1) is 0 Å². The van der Waals surface area contributed by atoms with Crippen LogP contribution in [-0.2, 0) is 19.1 Å². The Morgan fingerprint density at radius 1 is 0.482 bits per heavy atom. The minimum Gasteiger partial charge on any atom is -0.462 e. The molecule has 0 amide bonds. The molecule has 0 aliphatic rings. The zero-order valence-electron chi connectivity index (χ0n) is 38.5. The number of esters is 2. The van der Waals surface area contributed by atoms with E-state index in [1.807, 2.05) is 6.08 Å². The minimum atomic E-state index is -0.127. The number of ether oxygens (including phenoxy) is 2. The summed E-state index contributed by atoms with van der Waals surface area (Å²) in [6.07, 6.45) is 41.9. The lowest BCUT2D eigenvalue weighted by atomic mass is 10.0. The third kappa shape index (κ3) is 39.2. The molecule has 0 aromatic heterocycles. The topological polar surface area (TPSA) is 59.1 Å². The number of hydrogen-bond acceptors (Lipinski definition) is 6. The Labute approximate surface area is 349 Å². The van der Waals surface area contributed by atoms with Crippen molar-refractivity contribution in [3.8, 4) is 0 Å². The van der Waals surface area contributed by atoms with E-state index in [0.29, 0.717) is 12.8 Å². The molecule has 0 N–H and O–H groups in total. The fourth-order valence-corrected chi connectivity index (χ4v) is 7.34. The van der Waals surface area contributed by atoms with Gasteiger partial charge >= 0.3 is 11.9 Å². The fourth-order valence-electron chi connectivity index (χ4n) is 7.34. The van der Waals surface area contributed by atoms with Gasteiger partial charge < -0.3 is 19.3 Å². The molecule has 0 saturated carbocycles. The molecule has 0 rings (SSSR count). The molecular weight excluding hydrogens is 693 g/mol. The average molecular weight is 789 g/mol. The van der Waals surface area contributed by atoms with Gasteiger partial charge in [0.05, 0.1) is 0 Å². The first-order chi connectivity index (χ1) is 27.4. The Bertz CT molecular complexity index is 903. The Morgan fingerprint density at radius 2 is 0.911 bits per heavy atom. The summed E-state index contributed by atoms with van der Waals surface area (Å²) in [7, 11) is 4.35. The zero-order chi connectivity index (χ0) is 41.2. The molecule has 0 aliphatic carbocycles. The zero-order valence-corrected chi connectivity index (χ0v) is 38.5. The summed E-state index contributed by atoms with van der Waals surface area (Å²) in [5.41, 5.74) is 3.25. The molecule has 0 fully saturated rings. The van der Waals surface area contributed by atoms with Crippen LogP contribution >= 0.6 is 0 Å². The van der Waals surface area contributed by atoms with Gasteiger partial charge in [-0.3, -0.25) is 9.59 Å². The summed E-state index contributed by atoms with van der Waals surface area (Å²) in [4.78, 5) is 30.1. The maximum Gasteiger partial charge on any atom is 0.306 e. The van der Waals surface area contributed by atoms with Gasteiger partial charge in [-0.15, -0.1) is 5.73 Å². The molecule has 0 radical (unpaired) electrons. The first-order valence-electron chi connectivity index (χ1n) is 24.5. The molecule has 0 aromatic rings. The summed E-state index contributed by atoms with van der Waals surface area (Å²) >= 11 is 0. The van der Waals surface area contributed by atoms with Crippen LogP contribution in [0.15, 0.2) is 17.9 Å². The van der Waals surface area contributed by atoms with Gasteiger partial charge in [-0.25, -0.2) is 0 Å². The quantitative estimate of drug-likeness (QED) is 0.0348. The second-order valence-corrected chi connectivity index (χ2v) is 17.1. The predicted octanol–water partition coefficient (Wildman–Crippen LogP) is 14.3. The van der Waals surface area contributed by atoms with E-state index in [9.17, 15) is 9.59 Å². The van der Waals surface area contributed by atoms with Crippen LogP contribution in [0.4, 0.5) is 0 Å². The van der Waals surface area contributed by atoms with Gasteiger partial charge in [0.1, 0.15) is 12.2 Å². The van der Waals surface area contributed by atoms with Crippen LogP contribution in [0.1, 0.15) is 240 Å². The van der Waals surface area contributed by atoms with Gasteiger partial charge in [0.2, 0.25) is 0 Å². The Kier molecular flexibility index (Phi) is 41.7. The second kappa shape index (κ2) is 43.0. The predicted molar refractivity (Wildman–Crippen MR) is 242 cm³/mol. The van der Waals surface area contributed by atoms with Gasteiger partial charge in [-0.2, -0.15) is 0 Å². The van der Waals surface area contributed by atoms with Crippen molar-refractivity contribution in [3.63, 3.8) is 0 Å². The van der Waals surface area contributed by atoms with E-state index in [1.54, 1.807) is 0 Å².